The predicted octanol–water partition coefficient (Wildman–Crippen LogP) is 1.70. The van der Waals surface area contributed by atoms with Crippen molar-refractivity contribution in [2.24, 2.45) is 0 Å². The molecule has 3 nitrogen and oxygen atoms in total. The molecule has 0 spiro atoms. The molecule has 0 bridgehead atoms. The van der Waals surface area contributed by atoms with E-state index in [4.69, 9.17) is 14.8 Å². The number of ether oxygens (including phenoxy) is 1. The van der Waals surface area contributed by atoms with Gasteiger partial charge in [0.2, 0.25) is 0 Å². The largest absolute Gasteiger partial charge is 0.492 e. The molecular formula is C11H11NO2. The lowest BCUT2D eigenvalue weighted by molar-refractivity contribution is -0.0979. The van der Waals surface area contributed by atoms with Crippen molar-refractivity contribution >= 4 is 6.79 Å². The van der Waals surface area contributed by atoms with Gasteiger partial charge in [-0.25, -0.2) is 0 Å². The molecule has 0 radical (unpaired) electrons. The monoisotopic (exact) mass is 189 g/mol. The van der Waals surface area contributed by atoms with Crippen LogP contribution in [0.25, 0.3) is 0 Å². The second-order valence-corrected chi connectivity index (χ2v) is 2.86. The van der Waals surface area contributed by atoms with E-state index in [9.17, 15) is 0 Å². The lowest BCUT2D eigenvalue weighted by Gasteiger charge is -2.17. The van der Waals surface area contributed by atoms with E-state index in [1.165, 1.54) is 5.56 Å². The zero-order valence-corrected chi connectivity index (χ0v) is 7.82. The number of rotatable bonds is 0. The summed E-state index contributed by atoms with van der Waals surface area (Å²) in [5, 5.41) is 8.76. The third kappa shape index (κ3) is 1.91. The van der Waals surface area contributed by atoms with Crippen molar-refractivity contribution < 1.29 is 9.53 Å². The van der Waals surface area contributed by atoms with E-state index in [1.54, 1.807) is 6.07 Å². The van der Waals surface area contributed by atoms with Gasteiger partial charge in [-0.1, -0.05) is 12.1 Å². The van der Waals surface area contributed by atoms with Crippen LogP contribution in [0.15, 0.2) is 18.2 Å². The molecule has 1 aromatic rings. The summed E-state index contributed by atoms with van der Waals surface area (Å²) in [6.07, 6.45) is 2.09. The summed E-state index contributed by atoms with van der Waals surface area (Å²) in [6, 6.07) is 7.86. The highest BCUT2D eigenvalue weighted by molar-refractivity contribution is 5.49. The Morgan fingerprint density at radius 2 is 2.21 bits per heavy atom. The number of hydrogen-bond donors (Lipinski definition) is 0. The third-order valence-corrected chi connectivity index (χ3v) is 2.05. The van der Waals surface area contributed by atoms with Crippen molar-refractivity contribution in [3.63, 3.8) is 0 Å². The highest BCUT2D eigenvalue weighted by Gasteiger charge is 2.13. The smallest absolute Gasteiger partial charge is 0.140 e. The number of para-hydroxylation sites is 1. The summed E-state index contributed by atoms with van der Waals surface area (Å²) in [7, 11) is 0. The van der Waals surface area contributed by atoms with Crippen molar-refractivity contribution in [1.82, 2.24) is 0 Å². The quantitative estimate of drug-likeness (QED) is 0.624. The minimum absolute atomic E-state index is 0.659. The Labute approximate surface area is 82.9 Å². The summed E-state index contributed by atoms with van der Waals surface area (Å²) >= 11 is 0. The molecular weight excluding hydrogens is 178 g/mol. The molecule has 1 heterocycles. The minimum Gasteiger partial charge on any atom is -0.492 e. The molecule has 1 aliphatic heterocycles. The number of nitriles is 1. The predicted molar refractivity (Wildman–Crippen MR) is 52.1 cm³/mol. The Hall–Kier alpha value is -1.82. The van der Waals surface area contributed by atoms with E-state index in [0.29, 0.717) is 5.56 Å². The number of carbonyl (C=O) groups excluding carboxylic acids is 1. The number of carbonyl (C=O) groups is 1. The molecule has 2 rings (SSSR count). The second kappa shape index (κ2) is 5.03. The molecule has 0 N–H and O–H groups in total. The van der Waals surface area contributed by atoms with Crippen LogP contribution in [0.4, 0.5) is 0 Å². The van der Waals surface area contributed by atoms with Gasteiger partial charge in [0, 0.05) is 0 Å². The molecule has 0 fully saturated rings. The molecule has 0 aromatic heterocycles. The molecule has 0 saturated carbocycles. The van der Waals surface area contributed by atoms with Gasteiger partial charge >= 0.3 is 0 Å². The lowest BCUT2D eigenvalue weighted by Crippen LogP contribution is -2.09. The topological polar surface area (TPSA) is 50.1 Å². The molecule has 1 aromatic carbocycles. The molecule has 0 unspecified atom stereocenters. The molecule has 72 valence electrons. The zero-order chi connectivity index (χ0) is 10.4. The molecule has 1 aliphatic rings. The number of fused-ring (bicyclic) bond motifs is 1. The van der Waals surface area contributed by atoms with Gasteiger partial charge in [-0.3, -0.25) is 0 Å². The fraction of sp³-hybridized carbons (Fsp3) is 0.273. The maximum absolute atomic E-state index is 8.76. The highest BCUT2D eigenvalue weighted by atomic mass is 16.5. The number of hydrogen-bond acceptors (Lipinski definition) is 3. The van der Waals surface area contributed by atoms with Crippen molar-refractivity contribution in [3.05, 3.63) is 29.3 Å². The molecule has 0 amide bonds. The first-order chi connectivity index (χ1) is 6.92. The van der Waals surface area contributed by atoms with Crippen LogP contribution in [-0.2, 0) is 11.2 Å². The molecule has 0 atom stereocenters. The average Bonchev–Trinajstić information content (AvgIpc) is 2.31. The number of benzene rings is 1. The Morgan fingerprint density at radius 1 is 1.43 bits per heavy atom. The number of nitrogens with zero attached hydrogens (tertiary/aromatic N) is 1. The van der Waals surface area contributed by atoms with Gasteiger partial charge in [-0.2, -0.15) is 5.26 Å². The normalized spacial score (nSPS) is 12.5. The van der Waals surface area contributed by atoms with Crippen LogP contribution in [0.1, 0.15) is 17.5 Å². The first-order valence-electron chi connectivity index (χ1n) is 4.35. The van der Waals surface area contributed by atoms with Gasteiger partial charge in [0.1, 0.15) is 18.6 Å². The Balaban J connectivity index is 0.000000461. The van der Waals surface area contributed by atoms with Crippen LogP contribution in [0.5, 0.6) is 5.75 Å². The SMILES string of the molecule is C=O.N#Cc1cccc2c1OCCC2. The van der Waals surface area contributed by atoms with Crippen molar-refractivity contribution in [2.45, 2.75) is 12.8 Å². The third-order valence-electron chi connectivity index (χ3n) is 2.05. The summed E-state index contributed by atoms with van der Waals surface area (Å²) < 4.78 is 5.42. The number of aryl methyl sites for hydroxylation is 1. The highest BCUT2D eigenvalue weighted by Crippen LogP contribution is 2.27. The molecule has 0 aliphatic carbocycles. The van der Waals surface area contributed by atoms with E-state index in [-0.39, 0.29) is 0 Å². The van der Waals surface area contributed by atoms with Gasteiger partial charge < -0.3 is 9.53 Å². The van der Waals surface area contributed by atoms with E-state index in [1.807, 2.05) is 18.9 Å². The summed E-state index contributed by atoms with van der Waals surface area (Å²) in [4.78, 5) is 8.00. The summed E-state index contributed by atoms with van der Waals surface area (Å²) in [5.41, 5.74) is 1.83. The maximum Gasteiger partial charge on any atom is 0.140 e. The van der Waals surface area contributed by atoms with E-state index in [0.717, 1.165) is 25.2 Å². The Kier molecular flexibility index (Phi) is 3.69. The van der Waals surface area contributed by atoms with Crippen molar-refractivity contribution in [1.29, 1.82) is 5.26 Å². The van der Waals surface area contributed by atoms with E-state index >= 15 is 0 Å². The Morgan fingerprint density at radius 3 is 2.93 bits per heavy atom. The van der Waals surface area contributed by atoms with Crippen LogP contribution >= 0.6 is 0 Å². The van der Waals surface area contributed by atoms with Gasteiger partial charge in [-0.05, 0) is 24.5 Å². The summed E-state index contributed by atoms with van der Waals surface area (Å²) in [5.74, 6) is 0.797. The lowest BCUT2D eigenvalue weighted by atomic mass is 10.0. The van der Waals surface area contributed by atoms with Crippen LogP contribution in [-0.4, -0.2) is 13.4 Å². The first kappa shape index (κ1) is 10.3. The minimum atomic E-state index is 0.659. The van der Waals surface area contributed by atoms with Gasteiger partial charge in [-0.15, -0.1) is 0 Å². The van der Waals surface area contributed by atoms with Crippen LogP contribution in [0, 0.1) is 11.3 Å². The molecule has 14 heavy (non-hydrogen) atoms. The zero-order valence-electron chi connectivity index (χ0n) is 7.82. The van der Waals surface area contributed by atoms with Gasteiger partial charge in [0.05, 0.1) is 12.2 Å². The van der Waals surface area contributed by atoms with Gasteiger partial charge in [0.25, 0.3) is 0 Å². The molecule has 0 saturated heterocycles. The standard InChI is InChI=1S/C10H9NO.CH2O/c11-7-9-4-1-3-8-5-2-6-12-10(8)9;1-2/h1,3-4H,2,5-6H2;1H2. The Bertz CT molecular complexity index is 355. The first-order valence-corrected chi connectivity index (χ1v) is 4.35. The van der Waals surface area contributed by atoms with E-state index < -0.39 is 0 Å². The van der Waals surface area contributed by atoms with Crippen LogP contribution < -0.4 is 4.74 Å². The second-order valence-electron chi connectivity index (χ2n) is 2.86. The van der Waals surface area contributed by atoms with Gasteiger partial charge in [0.15, 0.2) is 0 Å². The van der Waals surface area contributed by atoms with Crippen molar-refractivity contribution in [2.75, 3.05) is 6.61 Å². The van der Waals surface area contributed by atoms with E-state index in [2.05, 4.69) is 6.07 Å². The van der Waals surface area contributed by atoms with Crippen molar-refractivity contribution in [3.8, 4) is 11.8 Å². The van der Waals surface area contributed by atoms with Crippen LogP contribution in [0.2, 0.25) is 0 Å². The average molecular weight is 189 g/mol. The maximum atomic E-state index is 8.76. The fourth-order valence-corrected chi connectivity index (χ4v) is 1.48. The summed E-state index contributed by atoms with van der Waals surface area (Å²) in [6.45, 7) is 2.74. The van der Waals surface area contributed by atoms with Crippen LogP contribution in [0.3, 0.4) is 0 Å². The fourth-order valence-electron chi connectivity index (χ4n) is 1.48. The molecule has 3 heteroatoms.